The van der Waals surface area contributed by atoms with Crippen LogP contribution >= 0.6 is 27.3 Å². The lowest BCUT2D eigenvalue weighted by molar-refractivity contribution is -0.231. The van der Waals surface area contributed by atoms with Crippen LogP contribution in [0.4, 0.5) is 0 Å². The zero-order valence-electron chi connectivity index (χ0n) is 21.7. The van der Waals surface area contributed by atoms with Crippen LogP contribution in [0, 0.1) is 29.1 Å². The third kappa shape index (κ3) is 3.27. The van der Waals surface area contributed by atoms with Gasteiger partial charge in [-0.05, 0) is 91.4 Å². The van der Waals surface area contributed by atoms with Crippen LogP contribution < -0.4 is 0 Å². The lowest BCUT2D eigenvalue weighted by Gasteiger charge is -2.58. The van der Waals surface area contributed by atoms with E-state index in [2.05, 4.69) is 51.9 Å². The maximum atomic E-state index is 11.9. The van der Waals surface area contributed by atoms with Crippen molar-refractivity contribution in [2.45, 2.75) is 74.8 Å². The van der Waals surface area contributed by atoms with Crippen molar-refractivity contribution < 1.29 is 24.1 Å². The molecule has 0 aromatic carbocycles. The van der Waals surface area contributed by atoms with Gasteiger partial charge < -0.3 is 24.1 Å². The van der Waals surface area contributed by atoms with Gasteiger partial charge in [-0.25, -0.2) is 0 Å². The summed E-state index contributed by atoms with van der Waals surface area (Å²) in [7, 11) is 0. The van der Waals surface area contributed by atoms with Crippen LogP contribution in [0.25, 0.3) is 6.08 Å². The predicted octanol–water partition coefficient (Wildman–Crippen LogP) is 5.09. The molecule has 7 nitrogen and oxygen atoms in total. The van der Waals surface area contributed by atoms with Crippen LogP contribution in [0.1, 0.15) is 60.0 Å². The molecule has 3 saturated carbocycles. The third-order valence-electron chi connectivity index (χ3n) is 11.0. The molecule has 8 rings (SSSR count). The molecule has 2 aromatic heterocycles. The molecule has 2 unspecified atom stereocenters. The van der Waals surface area contributed by atoms with Gasteiger partial charge in [0.1, 0.15) is 12.2 Å². The first-order chi connectivity index (χ1) is 18.5. The second-order valence-corrected chi connectivity index (χ2v) is 14.3. The molecule has 9 heteroatoms. The number of rotatable bonds is 3. The number of alkyl halides is 1. The number of aromatic nitrogens is 2. The van der Waals surface area contributed by atoms with Gasteiger partial charge in [0.05, 0.1) is 24.5 Å². The molecule has 0 bridgehead atoms. The second kappa shape index (κ2) is 8.71. The minimum Gasteiger partial charge on any atom is -0.393 e. The average Bonchev–Trinajstić information content (AvgIpc) is 3.74. The summed E-state index contributed by atoms with van der Waals surface area (Å²) < 4.78 is 26.4. The fourth-order valence-electron chi connectivity index (χ4n) is 9.48. The summed E-state index contributed by atoms with van der Waals surface area (Å²) >= 11 is 5.41. The van der Waals surface area contributed by atoms with Gasteiger partial charge >= 0.3 is 0 Å². The van der Waals surface area contributed by atoms with Crippen molar-refractivity contribution in [3.05, 3.63) is 44.9 Å². The van der Waals surface area contributed by atoms with E-state index in [0.717, 1.165) is 50.4 Å². The van der Waals surface area contributed by atoms with Crippen LogP contribution in [0.3, 0.4) is 0 Å². The third-order valence-corrected chi connectivity index (χ3v) is 13.1. The first kappa shape index (κ1) is 24.7. The summed E-state index contributed by atoms with van der Waals surface area (Å²) in [6, 6.07) is 4.42. The molecule has 8 atom stereocenters. The van der Waals surface area contributed by atoms with Gasteiger partial charge in [0.15, 0.2) is 13.6 Å². The van der Waals surface area contributed by atoms with E-state index in [9.17, 15) is 5.11 Å². The summed E-state index contributed by atoms with van der Waals surface area (Å²) in [5, 5.41) is 17.6. The van der Waals surface area contributed by atoms with Gasteiger partial charge in [0.2, 0.25) is 5.79 Å². The number of fused-ring (bicyclic) bond motifs is 8. The van der Waals surface area contributed by atoms with Crippen LogP contribution in [0.5, 0.6) is 0 Å². The Bertz CT molecular complexity index is 1280. The van der Waals surface area contributed by atoms with Crippen LogP contribution in [0.2, 0.25) is 0 Å². The van der Waals surface area contributed by atoms with E-state index in [1.54, 1.807) is 0 Å². The zero-order chi connectivity index (χ0) is 25.7. The molecule has 38 heavy (non-hydrogen) atoms. The summed E-state index contributed by atoms with van der Waals surface area (Å²) in [6.45, 7) is 4.14. The predicted molar refractivity (Wildman–Crippen MR) is 146 cm³/mol. The molecule has 204 valence electrons. The van der Waals surface area contributed by atoms with Crippen molar-refractivity contribution in [3.8, 4) is 0 Å². The Balaban J connectivity index is 1.09. The van der Waals surface area contributed by atoms with Crippen molar-refractivity contribution in [1.29, 1.82) is 0 Å². The Hall–Kier alpha value is -1.07. The largest absolute Gasteiger partial charge is 0.393 e. The standard InChI is InChI=1S/C29H35BrN2O5S/c1-27-10-17-12-31-32(13-20-4-3-19(11-30)38-20)24(17)8-18(27)2-5-22-21-6-7-28(23(21)9-25(33)26(22)27)29(37-16-35-28)14-34-15-36-29/h3-4,8,12,21-23,25-26,33H,2,5-7,9-11,13-16H2,1H3/t21-,22-,23?,25-,26+,27-,28+,29?/m0/s1. The molecule has 4 aliphatic carbocycles. The van der Waals surface area contributed by atoms with Gasteiger partial charge in [-0.15, -0.1) is 11.3 Å². The van der Waals surface area contributed by atoms with Crippen molar-refractivity contribution in [2.24, 2.45) is 29.1 Å². The van der Waals surface area contributed by atoms with E-state index in [-0.39, 0.29) is 36.9 Å². The normalized spacial score (nSPS) is 43.2. The molecule has 2 saturated heterocycles. The molecule has 1 N–H and O–H groups in total. The zero-order valence-corrected chi connectivity index (χ0v) is 24.1. The van der Waals surface area contributed by atoms with Gasteiger partial charge in [-0.3, -0.25) is 4.68 Å². The fourth-order valence-corrected chi connectivity index (χ4v) is 10.9. The van der Waals surface area contributed by atoms with E-state index in [0.29, 0.717) is 18.4 Å². The Kier molecular flexibility index (Phi) is 5.66. The highest BCUT2D eigenvalue weighted by molar-refractivity contribution is 9.08. The molecule has 4 heterocycles. The number of halogens is 1. The first-order valence-corrected chi connectivity index (χ1v) is 16.0. The second-order valence-electron chi connectivity index (χ2n) is 12.5. The molecule has 5 fully saturated rings. The Morgan fingerprint density at radius 2 is 2.03 bits per heavy atom. The Morgan fingerprint density at radius 1 is 1.16 bits per heavy atom. The van der Waals surface area contributed by atoms with E-state index in [1.807, 2.05) is 11.3 Å². The van der Waals surface area contributed by atoms with Gasteiger partial charge in [-0.2, -0.15) is 5.10 Å². The van der Waals surface area contributed by atoms with Crippen LogP contribution in [-0.2, 0) is 37.2 Å². The Morgan fingerprint density at radius 3 is 2.84 bits per heavy atom. The highest BCUT2D eigenvalue weighted by Crippen LogP contribution is 2.66. The lowest BCUT2D eigenvalue weighted by Crippen LogP contribution is -2.61. The summed E-state index contributed by atoms with van der Waals surface area (Å²) in [5.74, 6) is 0.646. The van der Waals surface area contributed by atoms with E-state index in [4.69, 9.17) is 24.0 Å². The smallest absolute Gasteiger partial charge is 0.226 e. The lowest BCUT2D eigenvalue weighted by atomic mass is 9.48. The van der Waals surface area contributed by atoms with Gasteiger partial charge in [0.25, 0.3) is 0 Å². The van der Waals surface area contributed by atoms with Crippen LogP contribution in [-0.4, -0.2) is 52.6 Å². The number of allylic oxidation sites excluding steroid dienone is 1. The number of hydrogen-bond acceptors (Lipinski definition) is 7. The number of ether oxygens (including phenoxy) is 4. The molecule has 2 aromatic rings. The van der Waals surface area contributed by atoms with Crippen LogP contribution in [0.15, 0.2) is 23.9 Å². The molecule has 6 aliphatic rings. The van der Waals surface area contributed by atoms with Gasteiger partial charge in [-0.1, -0.05) is 28.4 Å². The molecule has 0 radical (unpaired) electrons. The van der Waals surface area contributed by atoms with E-state index < -0.39 is 11.4 Å². The van der Waals surface area contributed by atoms with Crippen molar-refractivity contribution >= 4 is 33.3 Å². The number of thiophene rings is 1. The molecule has 2 aliphatic heterocycles. The van der Waals surface area contributed by atoms with Gasteiger partial charge in [0, 0.05) is 15.1 Å². The molecular weight excluding hydrogens is 568 g/mol. The molecule has 2 spiro atoms. The topological polar surface area (TPSA) is 75.0 Å². The maximum absolute atomic E-state index is 11.9. The SMILES string of the molecule is C[C@]12Cc3cnn(Cc4ccc(CBr)s4)c3C=C1CC[C@@H]1[C@@H]2[C@@H](O)CC2[C@H]1CC[C@@]21OCOC12COCO2. The highest BCUT2D eigenvalue weighted by Gasteiger charge is 2.72. The van der Waals surface area contributed by atoms with E-state index >= 15 is 0 Å². The first-order valence-electron chi connectivity index (χ1n) is 14.0. The van der Waals surface area contributed by atoms with Crippen molar-refractivity contribution in [2.75, 3.05) is 20.2 Å². The minimum atomic E-state index is -0.811. The van der Waals surface area contributed by atoms with Crippen molar-refractivity contribution in [1.82, 2.24) is 9.78 Å². The Labute approximate surface area is 235 Å². The summed E-state index contributed by atoms with van der Waals surface area (Å²) in [5.41, 5.74) is 3.51. The van der Waals surface area contributed by atoms with E-state index in [1.165, 1.54) is 26.6 Å². The maximum Gasteiger partial charge on any atom is 0.226 e. The fraction of sp³-hybridized carbons (Fsp3) is 0.690. The van der Waals surface area contributed by atoms with Crippen molar-refractivity contribution in [3.63, 3.8) is 0 Å². The number of aliphatic hydroxyl groups excluding tert-OH is 1. The average molecular weight is 604 g/mol. The quantitative estimate of drug-likeness (QED) is 0.493. The monoisotopic (exact) mass is 602 g/mol. The number of nitrogens with zero attached hydrogens (tertiary/aromatic N) is 2. The number of aliphatic hydroxyl groups is 1. The summed E-state index contributed by atoms with van der Waals surface area (Å²) in [4.78, 5) is 2.67. The molecular formula is C29H35BrN2O5S. The number of hydrogen-bond donors (Lipinski definition) is 1. The minimum absolute atomic E-state index is 0.0479. The molecule has 0 amide bonds. The highest BCUT2D eigenvalue weighted by atomic mass is 79.9. The summed E-state index contributed by atoms with van der Waals surface area (Å²) in [6.07, 6.45) is 10.0.